The van der Waals surface area contributed by atoms with E-state index in [1.54, 1.807) is 6.20 Å². The molecule has 100 valence electrons. The number of nitrogens with zero attached hydrogens (tertiary/aromatic N) is 2. The van der Waals surface area contributed by atoms with Crippen molar-refractivity contribution in [2.45, 2.75) is 20.0 Å². The van der Waals surface area contributed by atoms with Crippen molar-refractivity contribution in [3.05, 3.63) is 23.3 Å². The van der Waals surface area contributed by atoms with E-state index >= 15 is 0 Å². The third-order valence-electron chi connectivity index (χ3n) is 1.69. The zero-order valence-corrected chi connectivity index (χ0v) is 9.45. The number of aliphatic carboxylic acids is 1. The van der Waals surface area contributed by atoms with E-state index in [0.717, 1.165) is 11.3 Å². The molecular formula is C9H10F3N3O3. The first-order valence-electron chi connectivity index (χ1n) is 4.46. The Morgan fingerprint density at radius 1 is 1.33 bits per heavy atom. The summed E-state index contributed by atoms with van der Waals surface area (Å²) in [7, 11) is 0. The molecule has 0 aliphatic rings. The van der Waals surface area contributed by atoms with Gasteiger partial charge in [0.05, 0.1) is 0 Å². The standard InChI is InChI=1S/C7H9N3O.C2HF3O2/c1-4-3-9-7(6(8)11)10-5(4)2;3-2(4,5)1(6)7/h3H,1-2H3,(H2,8,11);(H,6,7). The molecule has 0 aliphatic carbocycles. The third kappa shape index (κ3) is 5.23. The molecule has 18 heavy (non-hydrogen) atoms. The molecule has 0 bridgehead atoms. The summed E-state index contributed by atoms with van der Waals surface area (Å²) in [6.07, 6.45) is -3.50. The van der Waals surface area contributed by atoms with Gasteiger partial charge in [-0.25, -0.2) is 14.8 Å². The molecule has 0 radical (unpaired) electrons. The number of nitrogens with two attached hydrogens (primary N) is 1. The van der Waals surface area contributed by atoms with Gasteiger partial charge in [0.15, 0.2) is 0 Å². The van der Waals surface area contributed by atoms with Crippen molar-refractivity contribution in [1.82, 2.24) is 9.97 Å². The summed E-state index contributed by atoms with van der Waals surface area (Å²) in [5.74, 6) is -3.27. The smallest absolute Gasteiger partial charge is 0.475 e. The van der Waals surface area contributed by atoms with Gasteiger partial charge < -0.3 is 10.8 Å². The first-order valence-corrected chi connectivity index (χ1v) is 4.46. The summed E-state index contributed by atoms with van der Waals surface area (Å²) in [6.45, 7) is 3.68. The summed E-state index contributed by atoms with van der Waals surface area (Å²) < 4.78 is 31.7. The number of halogens is 3. The van der Waals surface area contributed by atoms with E-state index < -0.39 is 18.1 Å². The highest BCUT2D eigenvalue weighted by Crippen LogP contribution is 2.13. The Morgan fingerprint density at radius 2 is 1.78 bits per heavy atom. The molecule has 0 spiro atoms. The maximum Gasteiger partial charge on any atom is 0.490 e. The number of hydrogen-bond acceptors (Lipinski definition) is 4. The first-order chi connectivity index (χ1) is 8.05. The van der Waals surface area contributed by atoms with Gasteiger partial charge in [0.25, 0.3) is 5.91 Å². The summed E-state index contributed by atoms with van der Waals surface area (Å²) in [6, 6.07) is 0. The predicted molar refractivity (Wildman–Crippen MR) is 53.7 cm³/mol. The van der Waals surface area contributed by atoms with Crippen molar-refractivity contribution in [3.63, 3.8) is 0 Å². The monoisotopic (exact) mass is 265 g/mol. The lowest BCUT2D eigenvalue weighted by Crippen LogP contribution is -2.21. The Kier molecular flexibility index (Phi) is 5.22. The van der Waals surface area contributed by atoms with Crippen LogP contribution in [0.25, 0.3) is 0 Å². The van der Waals surface area contributed by atoms with Crippen molar-refractivity contribution in [1.29, 1.82) is 0 Å². The molecule has 1 heterocycles. The van der Waals surface area contributed by atoms with E-state index in [9.17, 15) is 18.0 Å². The molecule has 1 aromatic heterocycles. The lowest BCUT2D eigenvalue weighted by atomic mass is 10.3. The van der Waals surface area contributed by atoms with Crippen LogP contribution in [-0.2, 0) is 4.79 Å². The fourth-order valence-corrected chi connectivity index (χ4v) is 0.646. The fourth-order valence-electron chi connectivity index (χ4n) is 0.646. The van der Waals surface area contributed by atoms with Gasteiger partial charge in [-0.15, -0.1) is 0 Å². The average Bonchev–Trinajstić information content (AvgIpc) is 2.21. The molecule has 0 unspecified atom stereocenters. The van der Waals surface area contributed by atoms with Crippen LogP contribution in [0, 0.1) is 13.8 Å². The van der Waals surface area contributed by atoms with Crippen LogP contribution < -0.4 is 5.73 Å². The van der Waals surface area contributed by atoms with Gasteiger partial charge in [-0.2, -0.15) is 13.2 Å². The molecule has 0 atom stereocenters. The highest BCUT2D eigenvalue weighted by atomic mass is 19.4. The van der Waals surface area contributed by atoms with Crippen LogP contribution in [0.4, 0.5) is 13.2 Å². The lowest BCUT2D eigenvalue weighted by Gasteiger charge is -1.98. The number of aryl methyl sites for hydroxylation is 2. The van der Waals surface area contributed by atoms with Crippen molar-refractivity contribution in [3.8, 4) is 0 Å². The Hall–Kier alpha value is -2.19. The van der Waals surface area contributed by atoms with Crippen LogP contribution in [0.15, 0.2) is 6.20 Å². The number of carboxylic acids is 1. The van der Waals surface area contributed by atoms with Crippen molar-refractivity contribution < 1.29 is 27.9 Å². The molecule has 0 fully saturated rings. The van der Waals surface area contributed by atoms with Gasteiger partial charge in [-0.05, 0) is 19.4 Å². The minimum Gasteiger partial charge on any atom is -0.475 e. The van der Waals surface area contributed by atoms with Gasteiger partial charge in [0.2, 0.25) is 5.82 Å². The van der Waals surface area contributed by atoms with Gasteiger partial charge in [0.1, 0.15) is 0 Å². The molecule has 1 aromatic rings. The Balaban J connectivity index is 0.000000360. The van der Waals surface area contributed by atoms with Crippen molar-refractivity contribution in [2.75, 3.05) is 0 Å². The molecule has 3 N–H and O–H groups in total. The summed E-state index contributed by atoms with van der Waals surface area (Å²) >= 11 is 0. The topological polar surface area (TPSA) is 106 Å². The van der Waals surface area contributed by atoms with Crippen LogP contribution in [-0.4, -0.2) is 33.1 Å². The molecule has 0 saturated carbocycles. The summed E-state index contributed by atoms with van der Waals surface area (Å²) in [4.78, 5) is 27.1. The minimum absolute atomic E-state index is 0.0769. The molecular weight excluding hydrogens is 255 g/mol. The van der Waals surface area contributed by atoms with Gasteiger partial charge >= 0.3 is 12.1 Å². The summed E-state index contributed by atoms with van der Waals surface area (Å²) in [5, 5.41) is 7.12. The quantitative estimate of drug-likeness (QED) is 0.782. The van der Waals surface area contributed by atoms with Crippen molar-refractivity contribution in [2.24, 2.45) is 5.73 Å². The largest absolute Gasteiger partial charge is 0.490 e. The van der Waals surface area contributed by atoms with Crippen LogP contribution >= 0.6 is 0 Å². The lowest BCUT2D eigenvalue weighted by molar-refractivity contribution is -0.192. The van der Waals surface area contributed by atoms with Crippen molar-refractivity contribution >= 4 is 11.9 Å². The molecule has 1 amide bonds. The van der Waals surface area contributed by atoms with E-state index in [-0.39, 0.29) is 5.82 Å². The van der Waals surface area contributed by atoms with Crippen LogP contribution in [0.2, 0.25) is 0 Å². The molecule has 9 heteroatoms. The number of amides is 1. The molecule has 0 aliphatic heterocycles. The number of carboxylic acid groups (broad SMARTS) is 1. The second kappa shape index (κ2) is 5.94. The number of carbonyl (C=O) groups is 2. The SMILES string of the molecule is Cc1cnc(C(N)=O)nc1C.O=C(O)C(F)(F)F. The molecule has 0 saturated heterocycles. The van der Waals surface area contributed by atoms with Crippen LogP contribution in [0.5, 0.6) is 0 Å². The number of aromatic nitrogens is 2. The normalized spacial score (nSPS) is 10.3. The van der Waals surface area contributed by atoms with Gasteiger partial charge in [-0.3, -0.25) is 4.79 Å². The maximum atomic E-state index is 10.6. The second-order valence-electron chi connectivity index (χ2n) is 3.13. The van der Waals surface area contributed by atoms with E-state index in [0.29, 0.717) is 0 Å². The highest BCUT2D eigenvalue weighted by molar-refractivity contribution is 5.88. The zero-order valence-electron chi connectivity index (χ0n) is 9.45. The van der Waals surface area contributed by atoms with Crippen LogP contribution in [0.3, 0.4) is 0 Å². The molecule has 6 nitrogen and oxygen atoms in total. The number of rotatable bonds is 1. The second-order valence-corrected chi connectivity index (χ2v) is 3.13. The van der Waals surface area contributed by atoms with Gasteiger partial charge in [0, 0.05) is 11.9 Å². The zero-order chi connectivity index (χ0) is 14.5. The van der Waals surface area contributed by atoms with E-state index in [2.05, 4.69) is 9.97 Å². The Bertz CT molecular complexity index is 460. The average molecular weight is 265 g/mol. The summed E-state index contributed by atoms with van der Waals surface area (Å²) in [5.41, 5.74) is 6.71. The number of alkyl halides is 3. The van der Waals surface area contributed by atoms with E-state index in [1.165, 1.54) is 0 Å². The highest BCUT2D eigenvalue weighted by Gasteiger charge is 2.38. The van der Waals surface area contributed by atoms with E-state index in [4.69, 9.17) is 15.6 Å². The third-order valence-corrected chi connectivity index (χ3v) is 1.69. The Morgan fingerprint density at radius 3 is 2.06 bits per heavy atom. The number of carbonyl (C=O) groups excluding carboxylic acids is 1. The molecule has 0 aromatic carbocycles. The number of primary amides is 1. The maximum absolute atomic E-state index is 10.6. The van der Waals surface area contributed by atoms with E-state index in [1.807, 2.05) is 13.8 Å². The fraction of sp³-hybridized carbons (Fsp3) is 0.333. The Labute approximate surface area is 99.7 Å². The first kappa shape index (κ1) is 15.8. The molecule has 1 rings (SSSR count). The van der Waals surface area contributed by atoms with Gasteiger partial charge in [-0.1, -0.05) is 0 Å². The minimum atomic E-state index is -5.08. The number of hydrogen-bond donors (Lipinski definition) is 2. The predicted octanol–water partition coefficient (Wildman–Crippen LogP) is 0.826. The van der Waals surface area contributed by atoms with Crippen LogP contribution in [0.1, 0.15) is 21.9 Å².